The Bertz CT molecular complexity index is 355. The molecule has 4 nitrogen and oxygen atoms in total. The molecule has 108 valence electrons. The van der Waals surface area contributed by atoms with Gasteiger partial charge in [-0.25, -0.2) is 0 Å². The second kappa shape index (κ2) is 5.93. The lowest BCUT2D eigenvalue weighted by Crippen LogP contribution is -2.47. The molecule has 2 rings (SSSR count). The van der Waals surface area contributed by atoms with E-state index in [0.29, 0.717) is 18.3 Å². The molecule has 0 aromatic carbocycles. The van der Waals surface area contributed by atoms with Crippen LogP contribution in [0.5, 0.6) is 0 Å². The number of hydrogen-bond acceptors (Lipinski definition) is 2. The minimum absolute atomic E-state index is 0.0888. The number of carboxylic acid groups (broad SMARTS) is 1. The second-order valence-electron chi connectivity index (χ2n) is 6.36. The highest BCUT2D eigenvalue weighted by Gasteiger charge is 2.39. The first-order chi connectivity index (χ1) is 9.00. The number of carbonyl (C=O) groups excluding carboxylic acids is 1. The summed E-state index contributed by atoms with van der Waals surface area (Å²) < 4.78 is 0. The maximum Gasteiger partial charge on any atom is 0.307 e. The fourth-order valence-corrected chi connectivity index (χ4v) is 3.42. The number of carbonyl (C=O) groups is 2. The number of piperidine rings is 1. The van der Waals surface area contributed by atoms with Crippen molar-refractivity contribution in [1.29, 1.82) is 0 Å². The Morgan fingerprint density at radius 1 is 1.00 bits per heavy atom. The summed E-state index contributed by atoms with van der Waals surface area (Å²) in [5.41, 5.74) is 0. The van der Waals surface area contributed by atoms with Gasteiger partial charge in [-0.1, -0.05) is 26.7 Å². The van der Waals surface area contributed by atoms with E-state index in [2.05, 4.69) is 13.8 Å². The first-order valence-corrected chi connectivity index (χ1v) is 7.52. The fraction of sp³-hybridized carbons (Fsp3) is 0.867. The zero-order valence-corrected chi connectivity index (χ0v) is 12.0. The Morgan fingerprint density at radius 3 is 2.21 bits per heavy atom. The Kier molecular flexibility index (Phi) is 4.48. The topological polar surface area (TPSA) is 57.6 Å². The zero-order valence-electron chi connectivity index (χ0n) is 12.0. The van der Waals surface area contributed by atoms with E-state index in [4.69, 9.17) is 0 Å². The number of nitrogens with zero attached hydrogens (tertiary/aromatic N) is 1. The lowest BCUT2D eigenvalue weighted by molar-refractivity contribution is -0.153. The number of rotatable bonds is 2. The number of amides is 1. The molecule has 1 amide bonds. The molecule has 1 aliphatic heterocycles. The molecule has 4 atom stereocenters. The summed E-state index contributed by atoms with van der Waals surface area (Å²) >= 11 is 0. The van der Waals surface area contributed by atoms with Crippen LogP contribution in [0, 0.1) is 23.7 Å². The van der Waals surface area contributed by atoms with E-state index in [9.17, 15) is 14.7 Å². The van der Waals surface area contributed by atoms with Gasteiger partial charge in [-0.15, -0.1) is 0 Å². The maximum absolute atomic E-state index is 12.6. The lowest BCUT2D eigenvalue weighted by Gasteiger charge is -2.39. The first kappa shape index (κ1) is 14.4. The van der Waals surface area contributed by atoms with Gasteiger partial charge in [-0.05, 0) is 31.1 Å². The molecule has 1 saturated heterocycles. The number of likely N-dealkylation sites (tertiary alicyclic amines) is 1. The molecular formula is C15H25NO3. The van der Waals surface area contributed by atoms with E-state index in [1.165, 1.54) is 0 Å². The van der Waals surface area contributed by atoms with Gasteiger partial charge >= 0.3 is 5.97 Å². The van der Waals surface area contributed by atoms with Gasteiger partial charge in [0.1, 0.15) is 0 Å². The van der Waals surface area contributed by atoms with Crippen LogP contribution in [0.25, 0.3) is 0 Å². The van der Waals surface area contributed by atoms with Crippen LogP contribution in [0.3, 0.4) is 0 Å². The van der Waals surface area contributed by atoms with E-state index in [-0.39, 0.29) is 11.8 Å². The van der Waals surface area contributed by atoms with Crippen LogP contribution in [-0.4, -0.2) is 35.0 Å². The van der Waals surface area contributed by atoms with Crippen molar-refractivity contribution in [2.75, 3.05) is 13.1 Å². The molecule has 19 heavy (non-hydrogen) atoms. The molecule has 0 aromatic heterocycles. The van der Waals surface area contributed by atoms with Crippen molar-refractivity contribution in [3.63, 3.8) is 0 Å². The van der Waals surface area contributed by atoms with E-state index >= 15 is 0 Å². The first-order valence-electron chi connectivity index (χ1n) is 7.52. The average Bonchev–Trinajstić information content (AvgIpc) is 2.41. The van der Waals surface area contributed by atoms with Gasteiger partial charge in [-0.2, -0.15) is 0 Å². The summed E-state index contributed by atoms with van der Waals surface area (Å²) in [6.07, 6.45) is 4.37. The predicted molar refractivity (Wildman–Crippen MR) is 72.6 cm³/mol. The van der Waals surface area contributed by atoms with Crippen LogP contribution in [-0.2, 0) is 9.59 Å². The van der Waals surface area contributed by atoms with E-state index in [1.807, 2.05) is 4.90 Å². The highest BCUT2D eigenvalue weighted by molar-refractivity contribution is 5.85. The molecule has 0 spiro atoms. The number of hydrogen-bond donors (Lipinski definition) is 1. The molecule has 0 radical (unpaired) electrons. The summed E-state index contributed by atoms with van der Waals surface area (Å²) in [6.45, 7) is 6.00. The Labute approximate surface area is 115 Å². The van der Waals surface area contributed by atoms with Crippen LogP contribution >= 0.6 is 0 Å². The molecule has 1 aliphatic carbocycles. The molecule has 1 N–H and O–H groups in total. The number of aliphatic carboxylic acids is 1. The van der Waals surface area contributed by atoms with Crippen molar-refractivity contribution >= 4 is 11.9 Å². The van der Waals surface area contributed by atoms with Gasteiger partial charge in [0.05, 0.1) is 11.8 Å². The highest BCUT2D eigenvalue weighted by Crippen LogP contribution is 2.33. The van der Waals surface area contributed by atoms with Gasteiger partial charge in [0.2, 0.25) is 5.91 Å². The summed E-state index contributed by atoms with van der Waals surface area (Å²) in [6, 6.07) is 0. The molecule has 1 heterocycles. The van der Waals surface area contributed by atoms with E-state index in [0.717, 1.165) is 38.8 Å². The molecule has 1 saturated carbocycles. The second-order valence-corrected chi connectivity index (χ2v) is 6.36. The largest absolute Gasteiger partial charge is 0.481 e. The molecule has 2 fully saturated rings. The summed E-state index contributed by atoms with van der Waals surface area (Å²) in [5, 5.41) is 9.28. The maximum atomic E-state index is 12.6. The average molecular weight is 267 g/mol. The Morgan fingerprint density at radius 2 is 1.63 bits per heavy atom. The zero-order chi connectivity index (χ0) is 14.0. The van der Waals surface area contributed by atoms with Crippen LogP contribution < -0.4 is 0 Å². The summed E-state index contributed by atoms with van der Waals surface area (Å²) in [7, 11) is 0. The van der Waals surface area contributed by atoms with E-state index in [1.54, 1.807) is 0 Å². The van der Waals surface area contributed by atoms with Crippen molar-refractivity contribution in [2.45, 2.75) is 46.0 Å². The van der Waals surface area contributed by atoms with E-state index < -0.39 is 11.9 Å². The standard InChI is InChI=1S/C15H25NO3/c1-10-7-8-16(9-11(10)2)14(17)12-5-3-4-6-13(12)15(18)19/h10-13H,3-9H2,1-2H3,(H,18,19)/t10?,11?,12-,13+/m1/s1. The molecular weight excluding hydrogens is 242 g/mol. The van der Waals surface area contributed by atoms with Crippen molar-refractivity contribution < 1.29 is 14.7 Å². The van der Waals surface area contributed by atoms with Crippen molar-refractivity contribution in [3.8, 4) is 0 Å². The van der Waals surface area contributed by atoms with Crippen LogP contribution in [0.15, 0.2) is 0 Å². The summed E-state index contributed by atoms with van der Waals surface area (Å²) in [4.78, 5) is 25.8. The normalized spacial score (nSPS) is 36.0. The van der Waals surface area contributed by atoms with Crippen molar-refractivity contribution in [3.05, 3.63) is 0 Å². The van der Waals surface area contributed by atoms with Gasteiger partial charge in [0.25, 0.3) is 0 Å². The third-order valence-electron chi connectivity index (χ3n) is 5.05. The van der Waals surface area contributed by atoms with Crippen molar-refractivity contribution in [2.24, 2.45) is 23.7 Å². The lowest BCUT2D eigenvalue weighted by atomic mass is 9.77. The number of carboxylic acids is 1. The third kappa shape index (κ3) is 3.10. The Hall–Kier alpha value is -1.06. The molecule has 4 heteroatoms. The van der Waals surface area contributed by atoms with Crippen LogP contribution in [0.4, 0.5) is 0 Å². The third-order valence-corrected chi connectivity index (χ3v) is 5.05. The smallest absolute Gasteiger partial charge is 0.307 e. The molecule has 0 bridgehead atoms. The van der Waals surface area contributed by atoms with Gasteiger partial charge in [-0.3, -0.25) is 9.59 Å². The Balaban J connectivity index is 2.03. The molecule has 0 aromatic rings. The highest BCUT2D eigenvalue weighted by atomic mass is 16.4. The van der Waals surface area contributed by atoms with Gasteiger partial charge in [0, 0.05) is 13.1 Å². The molecule has 2 aliphatic rings. The van der Waals surface area contributed by atoms with Crippen molar-refractivity contribution in [1.82, 2.24) is 4.90 Å². The summed E-state index contributed by atoms with van der Waals surface area (Å²) in [5.74, 6) is -0.277. The van der Waals surface area contributed by atoms with Gasteiger partial charge < -0.3 is 10.0 Å². The predicted octanol–water partition coefficient (Wildman–Crippen LogP) is 2.38. The SMILES string of the molecule is CC1CCN(C(=O)[C@@H]2CCCC[C@@H]2C(=O)O)CC1C. The minimum atomic E-state index is -0.795. The fourth-order valence-electron chi connectivity index (χ4n) is 3.42. The van der Waals surface area contributed by atoms with Crippen LogP contribution in [0.2, 0.25) is 0 Å². The monoisotopic (exact) mass is 267 g/mol. The van der Waals surface area contributed by atoms with Crippen LogP contribution in [0.1, 0.15) is 46.0 Å². The molecule has 2 unspecified atom stereocenters. The minimum Gasteiger partial charge on any atom is -0.481 e. The van der Waals surface area contributed by atoms with Gasteiger partial charge in [0.15, 0.2) is 0 Å². The quantitative estimate of drug-likeness (QED) is 0.835.